The molecule has 0 heterocycles. The Labute approximate surface area is 128 Å². The molecule has 0 aliphatic rings. The van der Waals surface area contributed by atoms with Gasteiger partial charge in [0.1, 0.15) is 15.7 Å². The van der Waals surface area contributed by atoms with Gasteiger partial charge in [0.2, 0.25) is 0 Å². The van der Waals surface area contributed by atoms with Gasteiger partial charge in [-0.25, -0.2) is 8.42 Å². The second-order valence-corrected chi connectivity index (χ2v) is 8.58. The van der Waals surface area contributed by atoms with Gasteiger partial charge in [0.25, 0.3) is 9.05 Å². The smallest absolute Gasteiger partial charge is 0.262 e. The van der Waals surface area contributed by atoms with Crippen LogP contribution in [0.2, 0.25) is 10.0 Å². The van der Waals surface area contributed by atoms with E-state index in [4.69, 9.17) is 38.6 Å². The summed E-state index contributed by atoms with van der Waals surface area (Å²) in [6.07, 6.45) is 0.830. The van der Waals surface area contributed by atoms with E-state index in [1.165, 1.54) is 12.1 Å². The van der Waals surface area contributed by atoms with Crippen LogP contribution in [0.1, 0.15) is 27.2 Å². The van der Waals surface area contributed by atoms with Crippen molar-refractivity contribution in [1.29, 1.82) is 0 Å². The van der Waals surface area contributed by atoms with Gasteiger partial charge in [-0.1, -0.05) is 44.0 Å². The van der Waals surface area contributed by atoms with Crippen molar-refractivity contribution in [2.75, 3.05) is 6.61 Å². The van der Waals surface area contributed by atoms with Gasteiger partial charge in [0, 0.05) is 10.7 Å². The van der Waals surface area contributed by atoms with Gasteiger partial charge in [0.15, 0.2) is 0 Å². The molecule has 0 fully saturated rings. The van der Waals surface area contributed by atoms with Crippen molar-refractivity contribution in [3.8, 4) is 5.75 Å². The van der Waals surface area contributed by atoms with Gasteiger partial charge in [-0.15, -0.1) is 0 Å². The monoisotopic (exact) mass is 344 g/mol. The Bertz CT molecular complexity index is 562. The van der Waals surface area contributed by atoms with E-state index in [9.17, 15) is 8.42 Å². The molecule has 0 radical (unpaired) electrons. The minimum atomic E-state index is -3.92. The van der Waals surface area contributed by atoms with Crippen molar-refractivity contribution < 1.29 is 13.2 Å². The fourth-order valence-corrected chi connectivity index (χ4v) is 3.07. The summed E-state index contributed by atoms with van der Waals surface area (Å²) in [5.74, 6) is 0.347. The van der Waals surface area contributed by atoms with E-state index < -0.39 is 9.05 Å². The Hall–Kier alpha value is -0.160. The fraction of sp³-hybridized carbons (Fsp3) is 0.500. The molecule has 1 aromatic rings. The molecule has 19 heavy (non-hydrogen) atoms. The average molecular weight is 346 g/mol. The highest BCUT2D eigenvalue weighted by Crippen LogP contribution is 2.38. The van der Waals surface area contributed by atoms with Crippen molar-refractivity contribution in [2.24, 2.45) is 5.41 Å². The topological polar surface area (TPSA) is 43.4 Å². The Balaban J connectivity index is 2.92. The first-order valence-corrected chi connectivity index (χ1v) is 8.64. The van der Waals surface area contributed by atoms with Crippen LogP contribution in [0.15, 0.2) is 17.0 Å². The van der Waals surface area contributed by atoms with Crippen LogP contribution in [0.25, 0.3) is 0 Å². The van der Waals surface area contributed by atoms with Crippen LogP contribution in [0.3, 0.4) is 0 Å². The lowest BCUT2D eigenvalue weighted by Gasteiger charge is -2.18. The highest BCUT2D eigenvalue weighted by Gasteiger charge is 2.20. The predicted molar refractivity (Wildman–Crippen MR) is 79.1 cm³/mol. The molecular formula is C12H15Cl3O3S. The van der Waals surface area contributed by atoms with Crippen LogP contribution >= 0.6 is 33.9 Å². The van der Waals surface area contributed by atoms with Crippen molar-refractivity contribution >= 4 is 42.9 Å². The number of rotatable bonds is 4. The third-order valence-corrected chi connectivity index (χ3v) is 4.72. The van der Waals surface area contributed by atoms with E-state index in [1.807, 2.05) is 0 Å². The van der Waals surface area contributed by atoms with Gasteiger partial charge in [0.05, 0.1) is 11.6 Å². The molecule has 0 aliphatic carbocycles. The molecule has 3 nitrogen and oxygen atoms in total. The molecule has 0 N–H and O–H groups in total. The highest BCUT2D eigenvalue weighted by atomic mass is 35.7. The average Bonchev–Trinajstić information content (AvgIpc) is 2.20. The molecule has 0 saturated heterocycles. The summed E-state index contributed by atoms with van der Waals surface area (Å²) in [5.41, 5.74) is 0.135. The van der Waals surface area contributed by atoms with E-state index in [0.29, 0.717) is 12.4 Å². The molecule has 7 heteroatoms. The quantitative estimate of drug-likeness (QED) is 0.740. The lowest BCUT2D eigenvalue weighted by molar-refractivity contribution is 0.243. The van der Waals surface area contributed by atoms with Crippen LogP contribution in [-0.2, 0) is 9.05 Å². The first-order valence-electron chi connectivity index (χ1n) is 5.58. The fourth-order valence-electron chi connectivity index (χ4n) is 1.28. The third-order valence-electron chi connectivity index (χ3n) is 2.38. The maximum absolute atomic E-state index is 11.2. The number of benzene rings is 1. The van der Waals surface area contributed by atoms with Crippen molar-refractivity contribution in [1.82, 2.24) is 0 Å². The van der Waals surface area contributed by atoms with Crippen LogP contribution in [0.4, 0.5) is 0 Å². The summed E-state index contributed by atoms with van der Waals surface area (Å²) in [6.45, 7) is 6.74. The van der Waals surface area contributed by atoms with Gasteiger partial charge >= 0.3 is 0 Å². The summed E-state index contributed by atoms with van der Waals surface area (Å²) in [4.78, 5) is -0.219. The maximum atomic E-state index is 11.2. The molecule has 1 rings (SSSR count). The Morgan fingerprint density at radius 3 is 2.21 bits per heavy atom. The highest BCUT2D eigenvalue weighted by molar-refractivity contribution is 8.13. The molecule has 0 aliphatic heterocycles. The second-order valence-electron chi connectivity index (χ2n) is 5.29. The standard InChI is InChI=1S/C12H15Cl3O3S/c1-12(2,3)6-7-18-8-4-5-9(19(15,16)17)11(14)10(8)13/h4-5H,6-7H2,1-3H3. The van der Waals surface area contributed by atoms with Crippen molar-refractivity contribution in [3.05, 3.63) is 22.2 Å². The lowest BCUT2D eigenvalue weighted by atomic mass is 9.93. The van der Waals surface area contributed by atoms with Crippen LogP contribution in [-0.4, -0.2) is 15.0 Å². The van der Waals surface area contributed by atoms with Gasteiger partial charge in [-0.2, -0.15) is 0 Å². The molecule has 1 aromatic carbocycles. The normalized spacial score (nSPS) is 12.5. The summed E-state index contributed by atoms with van der Waals surface area (Å²) in [7, 11) is 1.32. The van der Waals surface area contributed by atoms with Crippen molar-refractivity contribution in [2.45, 2.75) is 32.1 Å². The molecule has 0 atom stereocenters. The molecule has 0 spiro atoms. The van der Waals surface area contributed by atoms with Crippen LogP contribution in [0, 0.1) is 5.41 Å². The van der Waals surface area contributed by atoms with E-state index >= 15 is 0 Å². The van der Waals surface area contributed by atoms with E-state index in [2.05, 4.69) is 20.8 Å². The molecular weight excluding hydrogens is 331 g/mol. The first-order chi connectivity index (χ1) is 8.52. The van der Waals surface area contributed by atoms with Crippen LogP contribution in [0.5, 0.6) is 5.75 Å². The van der Waals surface area contributed by atoms with Crippen LogP contribution < -0.4 is 4.74 Å². The molecule has 0 saturated carbocycles. The zero-order valence-corrected chi connectivity index (χ0v) is 13.9. The van der Waals surface area contributed by atoms with E-state index in [0.717, 1.165) is 6.42 Å². The molecule has 0 unspecified atom stereocenters. The zero-order chi connectivity index (χ0) is 14.8. The molecule has 0 bridgehead atoms. The summed E-state index contributed by atoms with van der Waals surface area (Å²) in [6, 6.07) is 2.73. The summed E-state index contributed by atoms with van der Waals surface area (Å²) in [5, 5.41) is -0.0674. The maximum Gasteiger partial charge on any atom is 0.262 e. The Morgan fingerprint density at radius 1 is 1.16 bits per heavy atom. The zero-order valence-electron chi connectivity index (χ0n) is 10.8. The predicted octanol–water partition coefficient (Wildman–Crippen LogP) is 4.74. The number of halogens is 3. The first kappa shape index (κ1) is 16.9. The number of ether oxygens (including phenoxy) is 1. The summed E-state index contributed by atoms with van der Waals surface area (Å²) < 4.78 is 28.0. The minimum Gasteiger partial charge on any atom is -0.492 e. The molecule has 0 aromatic heterocycles. The van der Waals surface area contributed by atoms with Crippen molar-refractivity contribution in [3.63, 3.8) is 0 Å². The van der Waals surface area contributed by atoms with Gasteiger partial charge in [-0.05, 0) is 24.0 Å². The van der Waals surface area contributed by atoms with Gasteiger partial charge in [-0.3, -0.25) is 0 Å². The lowest BCUT2D eigenvalue weighted by Crippen LogP contribution is -2.11. The number of hydrogen-bond acceptors (Lipinski definition) is 3. The SMILES string of the molecule is CC(C)(C)CCOc1ccc(S(=O)(=O)Cl)c(Cl)c1Cl. The Morgan fingerprint density at radius 2 is 1.74 bits per heavy atom. The molecule has 0 amide bonds. The Kier molecular flexibility index (Phi) is 5.41. The summed E-state index contributed by atoms with van der Waals surface area (Å²) >= 11 is 11.9. The largest absolute Gasteiger partial charge is 0.492 e. The minimum absolute atomic E-state index is 0.0531. The van der Waals surface area contributed by atoms with Gasteiger partial charge < -0.3 is 4.74 Å². The van der Waals surface area contributed by atoms with E-state index in [-0.39, 0.29) is 20.4 Å². The third kappa shape index (κ3) is 5.03. The second kappa shape index (κ2) is 6.08. The number of hydrogen-bond donors (Lipinski definition) is 0. The van der Waals surface area contributed by atoms with E-state index in [1.54, 1.807) is 0 Å². The molecule has 108 valence electrons.